The lowest BCUT2D eigenvalue weighted by Crippen LogP contribution is -2.14. The highest BCUT2D eigenvalue weighted by molar-refractivity contribution is 5.90. The number of rotatable bonds is 6. The number of fused-ring (bicyclic) bond motifs is 1. The largest absolute Gasteiger partial charge is 0.382 e. The highest BCUT2D eigenvalue weighted by Crippen LogP contribution is 2.22. The van der Waals surface area contributed by atoms with Gasteiger partial charge in [0.05, 0.1) is 11.7 Å². The van der Waals surface area contributed by atoms with Crippen molar-refractivity contribution in [2.75, 3.05) is 5.32 Å². The summed E-state index contributed by atoms with van der Waals surface area (Å²) >= 11 is 0. The highest BCUT2D eigenvalue weighted by atomic mass is 15.1. The molecule has 1 unspecified atom stereocenters. The number of anilines is 1. The Kier molecular flexibility index (Phi) is 4.02. The third-order valence-corrected chi connectivity index (χ3v) is 3.13. The van der Waals surface area contributed by atoms with E-state index in [2.05, 4.69) is 47.6 Å². The SMILES string of the molecule is CCCCCC(C)Nc1cccc2[nH]ncc12. The van der Waals surface area contributed by atoms with Crippen LogP contribution in [0.4, 0.5) is 5.69 Å². The van der Waals surface area contributed by atoms with Crippen molar-refractivity contribution in [3.8, 4) is 0 Å². The van der Waals surface area contributed by atoms with Crippen molar-refractivity contribution >= 4 is 16.6 Å². The van der Waals surface area contributed by atoms with Crippen LogP contribution in [-0.2, 0) is 0 Å². The molecule has 0 spiro atoms. The first-order valence-electron chi connectivity index (χ1n) is 6.50. The van der Waals surface area contributed by atoms with Crippen LogP contribution in [0, 0.1) is 0 Å². The number of nitrogens with zero attached hydrogens (tertiary/aromatic N) is 1. The van der Waals surface area contributed by atoms with Gasteiger partial charge < -0.3 is 5.32 Å². The van der Waals surface area contributed by atoms with Crippen molar-refractivity contribution in [2.45, 2.75) is 45.6 Å². The molecule has 1 heterocycles. The molecule has 0 aliphatic carbocycles. The predicted molar refractivity (Wildman–Crippen MR) is 73.3 cm³/mol. The van der Waals surface area contributed by atoms with Crippen molar-refractivity contribution in [1.82, 2.24) is 10.2 Å². The second-order valence-corrected chi connectivity index (χ2v) is 4.68. The highest BCUT2D eigenvalue weighted by Gasteiger charge is 2.05. The summed E-state index contributed by atoms with van der Waals surface area (Å²) in [5.74, 6) is 0. The molecule has 2 N–H and O–H groups in total. The summed E-state index contributed by atoms with van der Waals surface area (Å²) in [6, 6.07) is 6.74. The second kappa shape index (κ2) is 5.71. The molecule has 1 atom stereocenters. The molecule has 0 fully saturated rings. The number of H-pyrrole nitrogens is 1. The van der Waals surface area contributed by atoms with Gasteiger partial charge in [0.2, 0.25) is 0 Å². The third-order valence-electron chi connectivity index (χ3n) is 3.13. The standard InChI is InChI=1S/C14H21N3/c1-3-4-5-7-11(2)16-13-8-6-9-14-12(13)10-15-17-14/h6,8-11,16H,3-5,7H2,1-2H3,(H,15,17). The topological polar surface area (TPSA) is 40.7 Å². The summed E-state index contributed by atoms with van der Waals surface area (Å²) in [6.07, 6.45) is 7.01. The third kappa shape index (κ3) is 2.99. The number of aromatic amines is 1. The normalized spacial score (nSPS) is 12.8. The van der Waals surface area contributed by atoms with Gasteiger partial charge in [-0.05, 0) is 25.5 Å². The molecule has 3 heteroatoms. The van der Waals surface area contributed by atoms with E-state index in [4.69, 9.17) is 0 Å². The van der Waals surface area contributed by atoms with Gasteiger partial charge in [0.15, 0.2) is 0 Å². The van der Waals surface area contributed by atoms with Gasteiger partial charge in [-0.3, -0.25) is 5.10 Å². The van der Waals surface area contributed by atoms with Crippen molar-refractivity contribution in [3.05, 3.63) is 24.4 Å². The summed E-state index contributed by atoms with van der Waals surface area (Å²) in [5, 5.41) is 11.8. The van der Waals surface area contributed by atoms with E-state index >= 15 is 0 Å². The molecule has 0 aliphatic rings. The van der Waals surface area contributed by atoms with Crippen LogP contribution in [-0.4, -0.2) is 16.2 Å². The van der Waals surface area contributed by atoms with E-state index in [0.717, 1.165) is 5.52 Å². The zero-order valence-electron chi connectivity index (χ0n) is 10.7. The van der Waals surface area contributed by atoms with Gasteiger partial charge in [0, 0.05) is 17.1 Å². The van der Waals surface area contributed by atoms with Crippen LogP contribution in [0.3, 0.4) is 0 Å². The van der Waals surface area contributed by atoms with E-state index in [1.807, 2.05) is 6.20 Å². The molecule has 0 aliphatic heterocycles. The fourth-order valence-corrected chi connectivity index (χ4v) is 2.13. The number of benzene rings is 1. The Morgan fingerprint density at radius 2 is 2.24 bits per heavy atom. The van der Waals surface area contributed by atoms with Gasteiger partial charge in [-0.25, -0.2) is 0 Å². The molecule has 1 aromatic heterocycles. The first-order chi connectivity index (χ1) is 8.31. The van der Waals surface area contributed by atoms with Crippen LogP contribution in [0.2, 0.25) is 0 Å². The molecule has 2 rings (SSSR count). The van der Waals surface area contributed by atoms with Crippen molar-refractivity contribution in [3.63, 3.8) is 0 Å². The first kappa shape index (κ1) is 12.0. The van der Waals surface area contributed by atoms with E-state index in [0.29, 0.717) is 6.04 Å². The maximum atomic E-state index is 4.08. The monoisotopic (exact) mass is 231 g/mol. The van der Waals surface area contributed by atoms with Gasteiger partial charge in [-0.15, -0.1) is 0 Å². The first-order valence-corrected chi connectivity index (χ1v) is 6.50. The maximum absolute atomic E-state index is 4.08. The van der Waals surface area contributed by atoms with Crippen LogP contribution in [0.15, 0.2) is 24.4 Å². The minimum absolute atomic E-state index is 0.516. The van der Waals surface area contributed by atoms with Crippen LogP contribution in [0.1, 0.15) is 39.5 Å². The Hall–Kier alpha value is -1.51. The average Bonchev–Trinajstić information content (AvgIpc) is 2.78. The maximum Gasteiger partial charge on any atom is 0.0671 e. The smallest absolute Gasteiger partial charge is 0.0671 e. The molecular weight excluding hydrogens is 210 g/mol. The lowest BCUT2D eigenvalue weighted by Gasteiger charge is -2.15. The number of hydrogen-bond donors (Lipinski definition) is 2. The molecular formula is C14H21N3. The van der Waals surface area contributed by atoms with E-state index in [1.54, 1.807) is 0 Å². The number of aromatic nitrogens is 2. The Morgan fingerprint density at radius 3 is 3.06 bits per heavy atom. The van der Waals surface area contributed by atoms with Crippen LogP contribution in [0.5, 0.6) is 0 Å². The minimum atomic E-state index is 0.516. The van der Waals surface area contributed by atoms with Crippen LogP contribution >= 0.6 is 0 Å². The van der Waals surface area contributed by atoms with Crippen molar-refractivity contribution in [2.24, 2.45) is 0 Å². The summed E-state index contributed by atoms with van der Waals surface area (Å²) in [7, 11) is 0. The number of hydrogen-bond acceptors (Lipinski definition) is 2. The zero-order chi connectivity index (χ0) is 12.1. The van der Waals surface area contributed by atoms with Gasteiger partial charge in [0.1, 0.15) is 0 Å². The Labute approximate surface area is 103 Å². The fraction of sp³-hybridized carbons (Fsp3) is 0.500. The van der Waals surface area contributed by atoms with Crippen molar-refractivity contribution < 1.29 is 0 Å². The molecule has 0 bridgehead atoms. The lowest BCUT2D eigenvalue weighted by molar-refractivity contribution is 0.615. The summed E-state index contributed by atoms with van der Waals surface area (Å²) in [4.78, 5) is 0. The Balaban J connectivity index is 2.00. The number of nitrogens with one attached hydrogen (secondary N) is 2. The van der Waals surface area contributed by atoms with Crippen LogP contribution < -0.4 is 5.32 Å². The van der Waals surface area contributed by atoms with E-state index in [1.165, 1.54) is 36.8 Å². The summed E-state index contributed by atoms with van der Waals surface area (Å²) < 4.78 is 0. The molecule has 92 valence electrons. The van der Waals surface area contributed by atoms with E-state index in [9.17, 15) is 0 Å². The molecule has 0 radical (unpaired) electrons. The fourth-order valence-electron chi connectivity index (χ4n) is 2.13. The molecule has 1 aromatic carbocycles. The molecule has 17 heavy (non-hydrogen) atoms. The molecule has 3 nitrogen and oxygen atoms in total. The van der Waals surface area contributed by atoms with Gasteiger partial charge >= 0.3 is 0 Å². The van der Waals surface area contributed by atoms with Gasteiger partial charge in [0.25, 0.3) is 0 Å². The van der Waals surface area contributed by atoms with E-state index < -0.39 is 0 Å². The average molecular weight is 231 g/mol. The van der Waals surface area contributed by atoms with Gasteiger partial charge in [-0.1, -0.05) is 32.3 Å². The minimum Gasteiger partial charge on any atom is -0.382 e. The van der Waals surface area contributed by atoms with Crippen molar-refractivity contribution in [1.29, 1.82) is 0 Å². The predicted octanol–water partition coefficient (Wildman–Crippen LogP) is 3.94. The Morgan fingerprint density at radius 1 is 1.35 bits per heavy atom. The second-order valence-electron chi connectivity index (χ2n) is 4.68. The summed E-state index contributed by atoms with van der Waals surface area (Å²) in [6.45, 7) is 4.48. The summed E-state index contributed by atoms with van der Waals surface area (Å²) in [5.41, 5.74) is 2.27. The molecule has 0 amide bonds. The molecule has 0 saturated carbocycles. The number of unbranched alkanes of at least 4 members (excludes halogenated alkanes) is 2. The Bertz CT molecular complexity index is 461. The molecule has 2 aromatic rings. The van der Waals surface area contributed by atoms with Gasteiger partial charge in [-0.2, -0.15) is 5.10 Å². The van der Waals surface area contributed by atoms with Crippen LogP contribution in [0.25, 0.3) is 10.9 Å². The zero-order valence-corrected chi connectivity index (χ0v) is 10.7. The molecule has 0 saturated heterocycles. The quantitative estimate of drug-likeness (QED) is 0.739. The lowest BCUT2D eigenvalue weighted by atomic mass is 10.1. The van der Waals surface area contributed by atoms with E-state index in [-0.39, 0.29) is 0 Å².